The van der Waals surface area contributed by atoms with Crippen molar-refractivity contribution in [3.63, 3.8) is 0 Å². The summed E-state index contributed by atoms with van der Waals surface area (Å²) in [4.78, 5) is 20.1. The second kappa shape index (κ2) is 6.55. The minimum Gasteiger partial charge on any atom is -0.477 e. The molecule has 1 saturated carbocycles. The van der Waals surface area contributed by atoms with Crippen molar-refractivity contribution in [2.75, 3.05) is 0 Å². The Labute approximate surface area is 167 Å². The molecule has 1 aliphatic carbocycles. The third-order valence-corrected chi connectivity index (χ3v) is 5.48. The Hall–Kier alpha value is -3.48. The first kappa shape index (κ1) is 17.6. The van der Waals surface area contributed by atoms with Gasteiger partial charge in [0, 0.05) is 47.2 Å². The SMILES string of the molecule is Cc1noc(C)c1-c1cnc2c(c1)c(-c1ccnc(C(=O)O)c1)cn2CC1CC1. The van der Waals surface area contributed by atoms with Gasteiger partial charge in [-0.3, -0.25) is 0 Å². The van der Waals surface area contributed by atoms with E-state index in [0.717, 1.165) is 51.3 Å². The standard InChI is InChI=1S/C22H20N4O3/c1-12-20(13(2)29-25-12)16-7-17-18(15-5-6-23-19(8-15)22(27)28)11-26(10-14-3-4-14)21(17)24-9-16/h5-9,11,14H,3-4,10H2,1-2H3,(H,27,28). The number of fused-ring (bicyclic) bond motifs is 1. The Morgan fingerprint density at radius 3 is 2.76 bits per heavy atom. The lowest BCUT2D eigenvalue weighted by atomic mass is 10.0. The van der Waals surface area contributed by atoms with Gasteiger partial charge < -0.3 is 14.2 Å². The van der Waals surface area contributed by atoms with Crippen LogP contribution in [0.15, 0.2) is 41.3 Å². The fourth-order valence-electron chi connectivity index (χ4n) is 3.87. The van der Waals surface area contributed by atoms with E-state index in [0.29, 0.717) is 5.92 Å². The van der Waals surface area contributed by atoms with E-state index in [1.807, 2.05) is 26.1 Å². The van der Waals surface area contributed by atoms with Gasteiger partial charge in [0.15, 0.2) is 0 Å². The highest BCUT2D eigenvalue weighted by Crippen LogP contribution is 2.37. The highest BCUT2D eigenvalue weighted by molar-refractivity contribution is 5.97. The summed E-state index contributed by atoms with van der Waals surface area (Å²) in [6.45, 7) is 4.73. The Kier molecular flexibility index (Phi) is 3.97. The number of nitrogens with zero attached hydrogens (tertiary/aromatic N) is 4. The molecule has 7 heteroatoms. The number of hydrogen-bond acceptors (Lipinski definition) is 5. The van der Waals surface area contributed by atoms with Crippen LogP contribution >= 0.6 is 0 Å². The molecule has 0 amide bonds. The number of aromatic carboxylic acids is 1. The molecule has 4 aromatic heterocycles. The Balaban J connectivity index is 1.72. The first-order valence-electron chi connectivity index (χ1n) is 9.63. The van der Waals surface area contributed by atoms with E-state index in [9.17, 15) is 9.90 Å². The van der Waals surface area contributed by atoms with Gasteiger partial charge in [0.05, 0.1) is 5.69 Å². The van der Waals surface area contributed by atoms with Crippen LogP contribution in [-0.4, -0.2) is 30.8 Å². The fourth-order valence-corrected chi connectivity index (χ4v) is 3.87. The summed E-state index contributed by atoms with van der Waals surface area (Å²) in [6.07, 6.45) is 7.95. The lowest BCUT2D eigenvalue weighted by Gasteiger charge is -2.05. The highest BCUT2D eigenvalue weighted by atomic mass is 16.5. The molecule has 0 saturated heterocycles. The van der Waals surface area contributed by atoms with Crippen LogP contribution < -0.4 is 0 Å². The van der Waals surface area contributed by atoms with Gasteiger partial charge in [-0.25, -0.2) is 14.8 Å². The zero-order valence-corrected chi connectivity index (χ0v) is 16.2. The molecule has 1 N–H and O–H groups in total. The molecule has 146 valence electrons. The number of aromatic nitrogens is 4. The molecule has 0 atom stereocenters. The van der Waals surface area contributed by atoms with Crippen LogP contribution in [0.3, 0.4) is 0 Å². The van der Waals surface area contributed by atoms with Crippen molar-refractivity contribution in [3.05, 3.63) is 53.9 Å². The smallest absolute Gasteiger partial charge is 0.354 e. The second-order valence-corrected chi connectivity index (χ2v) is 7.67. The minimum absolute atomic E-state index is 0.0282. The number of rotatable bonds is 5. The molecule has 1 fully saturated rings. The highest BCUT2D eigenvalue weighted by Gasteiger charge is 2.24. The normalized spacial score (nSPS) is 13.9. The predicted molar refractivity (Wildman–Crippen MR) is 108 cm³/mol. The molecule has 0 spiro atoms. The van der Waals surface area contributed by atoms with Crippen LogP contribution in [0.4, 0.5) is 0 Å². The summed E-state index contributed by atoms with van der Waals surface area (Å²) in [5.74, 6) is 0.400. The molecule has 0 bridgehead atoms. The fraction of sp³-hybridized carbons (Fsp3) is 0.273. The average molecular weight is 388 g/mol. The molecule has 4 aromatic rings. The molecule has 0 aromatic carbocycles. The lowest BCUT2D eigenvalue weighted by molar-refractivity contribution is 0.0690. The largest absolute Gasteiger partial charge is 0.477 e. The van der Waals surface area contributed by atoms with Crippen molar-refractivity contribution < 1.29 is 14.4 Å². The summed E-state index contributed by atoms with van der Waals surface area (Å²) in [6, 6.07) is 5.54. The van der Waals surface area contributed by atoms with Gasteiger partial charge in [0.1, 0.15) is 17.1 Å². The van der Waals surface area contributed by atoms with Gasteiger partial charge in [-0.05, 0) is 56.4 Å². The third-order valence-electron chi connectivity index (χ3n) is 5.48. The maximum absolute atomic E-state index is 11.4. The van der Waals surface area contributed by atoms with E-state index in [1.54, 1.807) is 6.07 Å². The topological polar surface area (TPSA) is 94.0 Å². The zero-order chi connectivity index (χ0) is 20.1. The van der Waals surface area contributed by atoms with E-state index in [2.05, 4.69) is 27.0 Å². The summed E-state index contributed by atoms with van der Waals surface area (Å²) < 4.78 is 7.51. The second-order valence-electron chi connectivity index (χ2n) is 7.67. The van der Waals surface area contributed by atoms with Gasteiger partial charge in [0.2, 0.25) is 0 Å². The molecule has 0 radical (unpaired) electrons. The van der Waals surface area contributed by atoms with Gasteiger partial charge in [-0.15, -0.1) is 0 Å². The number of hydrogen-bond donors (Lipinski definition) is 1. The number of pyridine rings is 2. The van der Waals surface area contributed by atoms with Crippen molar-refractivity contribution in [1.29, 1.82) is 0 Å². The van der Waals surface area contributed by atoms with E-state index >= 15 is 0 Å². The average Bonchev–Trinajstić information content (AvgIpc) is 3.37. The van der Waals surface area contributed by atoms with Gasteiger partial charge >= 0.3 is 5.97 Å². The van der Waals surface area contributed by atoms with E-state index in [4.69, 9.17) is 9.51 Å². The first-order valence-corrected chi connectivity index (χ1v) is 9.63. The maximum atomic E-state index is 11.4. The summed E-state index contributed by atoms with van der Waals surface area (Å²) in [7, 11) is 0. The van der Waals surface area contributed by atoms with Gasteiger partial charge in [0.25, 0.3) is 0 Å². The van der Waals surface area contributed by atoms with Crippen LogP contribution in [0.1, 0.15) is 34.8 Å². The Morgan fingerprint density at radius 1 is 1.24 bits per heavy atom. The quantitative estimate of drug-likeness (QED) is 0.542. The third kappa shape index (κ3) is 3.08. The molecular formula is C22H20N4O3. The van der Waals surface area contributed by atoms with Crippen LogP contribution in [0.2, 0.25) is 0 Å². The van der Waals surface area contributed by atoms with Crippen molar-refractivity contribution >= 4 is 17.0 Å². The summed E-state index contributed by atoms with van der Waals surface area (Å²) in [5.41, 5.74) is 5.39. The minimum atomic E-state index is -1.04. The molecule has 4 heterocycles. The molecule has 0 unspecified atom stereocenters. The van der Waals surface area contributed by atoms with Crippen molar-refractivity contribution in [1.82, 2.24) is 19.7 Å². The van der Waals surface area contributed by atoms with E-state index < -0.39 is 5.97 Å². The molecule has 29 heavy (non-hydrogen) atoms. The van der Waals surface area contributed by atoms with Crippen LogP contribution in [0, 0.1) is 19.8 Å². The summed E-state index contributed by atoms with van der Waals surface area (Å²) >= 11 is 0. The van der Waals surface area contributed by atoms with Crippen molar-refractivity contribution in [2.24, 2.45) is 5.92 Å². The molecule has 5 rings (SSSR count). The number of carboxylic acid groups (broad SMARTS) is 1. The zero-order valence-electron chi connectivity index (χ0n) is 16.2. The maximum Gasteiger partial charge on any atom is 0.354 e. The Morgan fingerprint density at radius 2 is 2.07 bits per heavy atom. The molecule has 7 nitrogen and oxygen atoms in total. The van der Waals surface area contributed by atoms with Gasteiger partial charge in [-0.1, -0.05) is 5.16 Å². The van der Waals surface area contributed by atoms with Crippen molar-refractivity contribution in [3.8, 4) is 22.3 Å². The Bertz CT molecular complexity index is 1230. The van der Waals surface area contributed by atoms with Crippen LogP contribution in [-0.2, 0) is 6.54 Å². The molecule has 1 aliphatic rings. The number of carboxylic acids is 1. The van der Waals surface area contributed by atoms with Crippen molar-refractivity contribution in [2.45, 2.75) is 33.2 Å². The summed E-state index contributed by atoms with van der Waals surface area (Å²) in [5, 5.41) is 14.4. The predicted octanol–water partition coefficient (Wildman–Crippen LogP) is 4.48. The number of aryl methyl sites for hydroxylation is 2. The monoisotopic (exact) mass is 388 g/mol. The van der Waals surface area contributed by atoms with E-state index in [-0.39, 0.29) is 5.69 Å². The number of carbonyl (C=O) groups is 1. The van der Waals surface area contributed by atoms with Crippen LogP contribution in [0.25, 0.3) is 33.3 Å². The van der Waals surface area contributed by atoms with Gasteiger partial charge in [-0.2, -0.15) is 0 Å². The first-order chi connectivity index (χ1) is 14.0. The lowest BCUT2D eigenvalue weighted by Crippen LogP contribution is -1.99. The van der Waals surface area contributed by atoms with E-state index in [1.165, 1.54) is 19.0 Å². The van der Waals surface area contributed by atoms with Crippen LogP contribution in [0.5, 0.6) is 0 Å². The molecule has 0 aliphatic heterocycles. The molecular weight excluding hydrogens is 368 g/mol.